The Labute approximate surface area is 107 Å². The van der Waals surface area contributed by atoms with Gasteiger partial charge in [0.2, 0.25) is 5.91 Å². The summed E-state index contributed by atoms with van der Waals surface area (Å²) >= 11 is 0. The van der Waals surface area contributed by atoms with E-state index in [1.54, 1.807) is 12.1 Å². The number of carbonyl (C=O) groups is 1. The lowest BCUT2D eigenvalue weighted by Gasteiger charge is -2.26. The van der Waals surface area contributed by atoms with Crippen molar-refractivity contribution in [2.24, 2.45) is 0 Å². The van der Waals surface area contributed by atoms with E-state index < -0.39 is 24.2 Å². The monoisotopic (exact) mass is 228 g/mol. The standard InChI is InChI=1S/C15H13NO/c17-14-10-12-8-4-5-9-13(12)15(16-14)11-6-2-1-3-7-11/h1-9,15H,10H2,(H,16,17)/i1D,2D,3D,6D,7D. The maximum Gasteiger partial charge on any atom is 0.225 e. The van der Waals surface area contributed by atoms with Gasteiger partial charge in [0, 0.05) is 0 Å². The van der Waals surface area contributed by atoms with Crippen LogP contribution < -0.4 is 5.32 Å². The van der Waals surface area contributed by atoms with Crippen molar-refractivity contribution in [1.82, 2.24) is 5.32 Å². The molecule has 17 heavy (non-hydrogen) atoms. The Kier molecular flexibility index (Phi) is 1.43. The van der Waals surface area contributed by atoms with Crippen LogP contribution in [0.5, 0.6) is 0 Å². The molecular formula is C15H13NO. The summed E-state index contributed by atoms with van der Waals surface area (Å²) in [5, 5.41) is 2.74. The summed E-state index contributed by atoms with van der Waals surface area (Å²) in [6, 6.07) is 4.72. The maximum atomic E-state index is 11.9. The van der Waals surface area contributed by atoms with E-state index in [4.69, 9.17) is 6.85 Å². The smallest absolute Gasteiger partial charge is 0.225 e. The predicted molar refractivity (Wildman–Crippen MR) is 66.6 cm³/mol. The highest BCUT2D eigenvalue weighted by molar-refractivity contribution is 5.82. The maximum absolute atomic E-state index is 11.9. The second-order valence-corrected chi connectivity index (χ2v) is 3.91. The molecule has 1 unspecified atom stereocenters. The molecule has 0 fully saturated rings. The summed E-state index contributed by atoms with van der Waals surface area (Å²) in [5.41, 5.74) is 1.68. The minimum Gasteiger partial charge on any atom is -0.345 e. The van der Waals surface area contributed by atoms with E-state index in [9.17, 15) is 4.79 Å². The first-order valence-corrected chi connectivity index (χ1v) is 5.35. The quantitative estimate of drug-likeness (QED) is 0.798. The van der Waals surface area contributed by atoms with E-state index in [0.29, 0.717) is 0 Å². The molecule has 0 aromatic heterocycles. The highest BCUT2D eigenvalue weighted by Crippen LogP contribution is 2.28. The van der Waals surface area contributed by atoms with Crippen LogP contribution in [0.4, 0.5) is 0 Å². The van der Waals surface area contributed by atoms with Gasteiger partial charge in [0.25, 0.3) is 0 Å². The van der Waals surface area contributed by atoms with Crippen molar-refractivity contribution in [2.45, 2.75) is 12.5 Å². The lowest BCUT2D eigenvalue weighted by molar-refractivity contribution is -0.121. The second kappa shape index (κ2) is 4.06. The summed E-state index contributed by atoms with van der Waals surface area (Å²) in [6.07, 6.45) is 0.228. The Hall–Kier alpha value is -2.09. The second-order valence-electron chi connectivity index (χ2n) is 3.91. The fraction of sp³-hybridized carbons (Fsp3) is 0.133. The minimum absolute atomic E-state index is 0.103. The SMILES string of the molecule is [2H]c1c([2H])c([2H])c(C2NC(=O)Cc3ccccc32)c([2H])c1[2H]. The van der Waals surface area contributed by atoms with Gasteiger partial charge >= 0.3 is 0 Å². The summed E-state index contributed by atoms with van der Waals surface area (Å²) in [5.74, 6) is -0.226. The molecule has 1 N–H and O–H groups in total. The molecule has 2 aromatic rings. The molecule has 1 atom stereocenters. The zero-order chi connectivity index (χ0) is 16.0. The number of hydrogen-bond acceptors (Lipinski definition) is 1. The van der Waals surface area contributed by atoms with Gasteiger partial charge in [-0.1, -0.05) is 54.5 Å². The molecule has 0 saturated carbocycles. The van der Waals surface area contributed by atoms with Crippen LogP contribution in [0.25, 0.3) is 0 Å². The molecule has 1 amide bonds. The topological polar surface area (TPSA) is 29.1 Å². The van der Waals surface area contributed by atoms with Gasteiger partial charge in [0.15, 0.2) is 0 Å². The molecule has 0 bridgehead atoms. The van der Waals surface area contributed by atoms with E-state index in [-0.39, 0.29) is 30.0 Å². The molecule has 2 nitrogen and oxygen atoms in total. The third-order valence-electron chi connectivity index (χ3n) is 2.83. The number of benzene rings is 2. The first-order chi connectivity index (χ1) is 10.4. The van der Waals surface area contributed by atoms with Crippen molar-refractivity contribution in [1.29, 1.82) is 0 Å². The molecule has 0 spiro atoms. The van der Waals surface area contributed by atoms with Crippen molar-refractivity contribution < 1.29 is 11.6 Å². The summed E-state index contributed by atoms with van der Waals surface area (Å²) in [4.78, 5) is 11.9. The predicted octanol–water partition coefficient (Wildman–Crippen LogP) is 2.45. The molecule has 0 saturated heterocycles. The first kappa shape index (κ1) is 6.01. The Morgan fingerprint density at radius 3 is 2.76 bits per heavy atom. The van der Waals surface area contributed by atoms with Crippen LogP contribution in [-0.4, -0.2) is 5.91 Å². The summed E-state index contributed by atoms with van der Waals surface area (Å²) in [7, 11) is 0. The highest BCUT2D eigenvalue weighted by atomic mass is 16.1. The van der Waals surface area contributed by atoms with E-state index in [1.807, 2.05) is 12.1 Å². The average Bonchev–Trinajstić information content (AvgIpc) is 2.51. The number of rotatable bonds is 1. The summed E-state index contributed by atoms with van der Waals surface area (Å²) < 4.78 is 39.3. The molecule has 2 heteroatoms. The van der Waals surface area contributed by atoms with E-state index in [2.05, 4.69) is 5.32 Å². The van der Waals surface area contributed by atoms with Gasteiger partial charge in [0.1, 0.15) is 0 Å². The van der Waals surface area contributed by atoms with E-state index in [0.717, 1.165) is 11.1 Å². The third kappa shape index (κ3) is 1.82. The van der Waals surface area contributed by atoms with Crippen molar-refractivity contribution >= 4 is 5.91 Å². The van der Waals surface area contributed by atoms with Gasteiger partial charge < -0.3 is 5.32 Å². The molecule has 0 radical (unpaired) electrons. The molecule has 1 aliphatic heterocycles. The van der Waals surface area contributed by atoms with E-state index in [1.165, 1.54) is 0 Å². The van der Waals surface area contributed by atoms with Crippen LogP contribution in [0.15, 0.2) is 54.5 Å². The largest absolute Gasteiger partial charge is 0.345 e. The zero-order valence-corrected chi connectivity index (χ0v) is 9.00. The molecule has 84 valence electrons. The van der Waals surface area contributed by atoms with Crippen LogP contribution in [0.1, 0.15) is 29.6 Å². The normalized spacial score (nSPS) is 22.5. The molecule has 1 aliphatic rings. The zero-order valence-electron chi connectivity index (χ0n) is 14.0. The van der Waals surface area contributed by atoms with Crippen molar-refractivity contribution in [3.05, 3.63) is 71.2 Å². The molecule has 2 aromatic carbocycles. The van der Waals surface area contributed by atoms with Gasteiger partial charge in [0.05, 0.1) is 19.3 Å². The Bertz CT molecular complexity index is 761. The van der Waals surface area contributed by atoms with Gasteiger partial charge in [-0.05, 0) is 16.7 Å². The van der Waals surface area contributed by atoms with Crippen molar-refractivity contribution in [3.63, 3.8) is 0 Å². The number of amides is 1. The third-order valence-corrected chi connectivity index (χ3v) is 2.83. The van der Waals surface area contributed by atoms with Crippen LogP contribution in [-0.2, 0) is 11.2 Å². The summed E-state index contributed by atoms with van der Waals surface area (Å²) in [6.45, 7) is 0. The fourth-order valence-corrected chi connectivity index (χ4v) is 2.07. The van der Waals surface area contributed by atoms with Crippen LogP contribution in [0.2, 0.25) is 0 Å². The van der Waals surface area contributed by atoms with Crippen molar-refractivity contribution in [2.75, 3.05) is 0 Å². The van der Waals surface area contributed by atoms with E-state index >= 15 is 0 Å². The minimum atomic E-state index is -0.730. The van der Waals surface area contributed by atoms with Crippen LogP contribution in [0, 0.1) is 0 Å². The van der Waals surface area contributed by atoms with Gasteiger partial charge in [-0.25, -0.2) is 0 Å². The first-order valence-electron chi connectivity index (χ1n) is 7.85. The average molecular weight is 228 g/mol. The molecular weight excluding hydrogens is 210 g/mol. The molecule has 1 heterocycles. The highest BCUT2D eigenvalue weighted by Gasteiger charge is 2.24. The number of nitrogens with one attached hydrogen (secondary N) is 1. The molecule has 3 rings (SSSR count). The Morgan fingerprint density at radius 1 is 1.18 bits per heavy atom. The number of carbonyl (C=O) groups excluding carboxylic acids is 1. The lowest BCUT2D eigenvalue weighted by atomic mass is 9.90. The Balaban J connectivity index is 2.27. The Morgan fingerprint density at radius 2 is 1.94 bits per heavy atom. The van der Waals surface area contributed by atoms with Gasteiger partial charge in [-0.2, -0.15) is 0 Å². The number of hydrogen-bond donors (Lipinski definition) is 1. The molecule has 0 aliphatic carbocycles. The van der Waals surface area contributed by atoms with Gasteiger partial charge in [-0.15, -0.1) is 0 Å². The number of fused-ring (bicyclic) bond motifs is 1. The van der Waals surface area contributed by atoms with Crippen LogP contribution >= 0.6 is 0 Å². The lowest BCUT2D eigenvalue weighted by Crippen LogP contribution is -2.35. The fourth-order valence-electron chi connectivity index (χ4n) is 2.07. The van der Waals surface area contributed by atoms with Crippen molar-refractivity contribution in [3.8, 4) is 0 Å². The van der Waals surface area contributed by atoms with Crippen LogP contribution in [0.3, 0.4) is 0 Å². The van der Waals surface area contributed by atoms with Gasteiger partial charge in [-0.3, -0.25) is 4.79 Å².